The number of hydrogen-bond donors (Lipinski definition) is 0. The van der Waals surface area contributed by atoms with Crippen LogP contribution in [0, 0.1) is 17.8 Å². The molecule has 1 heteroatoms. The molecule has 0 aliphatic heterocycles. The lowest BCUT2D eigenvalue weighted by molar-refractivity contribution is -0.112. The number of carbonyl (C=O) groups is 1. The van der Waals surface area contributed by atoms with Crippen molar-refractivity contribution in [3.63, 3.8) is 0 Å². The molecule has 1 aliphatic carbocycles. The lowest BCUT2D eigenvalue weighted by atomic mass is 9.82. The minimum atomic E-state index is 0.264. The number of carbonyl (C=O) groups excluding carboxylic acids is 1. The number of rotatable bonds is 1. The minimum absolute atomic E-state index is 0.264. The highest BCUT2D eigenvalue weighted by atomic mass is 16.1. The van der Waals surface area contributed by atoms with Crippen molar-refractivity contribution in [2.75, 3.05) is 0 Å². The van der Waals surface area contributed by atoms with E-state index in [-0.39, 0.29) is 5.92 Å². The van der Waals surface area contributed by atoms with E-state index in [2.05, 4.69) is 26.0 Å². The van der Waals surface area contributed by atoms with Crippen LogP contribution in [0.3, 0.4) is 0 Å². The molecule has 1 nitrogen and oxygen atoms in total. The van der Waals surface area contributed by atoms with E-state index in [1.54, 1.807) is 0 Å². The second-order valence-corrected chi connectivity index (χ2v) is 3.26. The van der Waals surface area contributed by atoms with Crippen LogP contribution in [0.5, 0.6) is 0 Å². The lowest BCUT2D eigenvalue weighted by Gasteiger charge is -2.22. The molecule has 0 amide bonds. The maximum atomic E-state index is 10.5. The van der Waals surface area contributed by atoms with Crippen molar-refractivity contribution in [3.05, 3.63) is 12.2 Å². The topological polar surface area (TPSA) is 17.1 Å². The fourth-order valence-electron chi connectivity index (χ4n) is 1.41. The summed E-state index contributed by atoms with van der Waals surface area (Å²) in [5.41, 5.74) is 0. The monoisotopic (exact) mass is 138 g/mol. The van der Waals surface area contributed by atoms with Crippen LogP contribution in [-0.2, 0) is 4.79 Å². The van der Waals surface area contributed by atoms with Gasteiger partial charge < -0.3 is 4.79 Å². The molecule has 0 spiro atoms. The largest absolute Gasteiger partial charge is 0.303 e. The first-order chi connectivity index (χ1) is 4.74. The Labute approximate surface area is 62.1 Å². The smallest absolute Gasteiger partial charge is 0.123 e. The average molecular weight is 138 g/mol. The Morgan fingerprint density at radius 1 is 1.40 bits per heavy atom. The van der Waals surface area contributed by atoms with Gasteiger partial charge in [0.15, 0.2) is 0 Å². The van der Waals surface area contributed by atoms with Gasteiger partial charge in [-0.05, 0) is 18.3 Å². The molecule has 0 unspecified atom stereocenters. The van der Waals surface area contributed by atoms with Crippen molar-refractivity contribution in [3.8, 4) is 0 Å². The van der Waals surface area contributed by atoms with Crippen LogP contribution in [0.4, 0.5) is 0 Å². The van der Waals surface area contributed by atoms with Crippen molar-refractivity contribution < 1.29 is 4.79 Å². The molecular formula is C9H14O. The molecule has 0 aromatic rings. The van der Waals surface area contributed by atoms with Crippen molar-refractivity contribution >= 4 is 6.29 Å². The minimum Gasteiger partial charge on any atom is -0.303 e. The van der Waals surface area contributed by atoms with E-state index in [1.807, 2.05) is 0 Å². The maximum absolute atomic E-state index is 10.5. The van der Waals surface area contributed by atoms with Crippen molar-refractivity contribution in [1.29, 1.82) is 0 Å². The standard InChI is InChI=1S/C9H14O/c1-7-3-4-8(2)9(5-7)6-10/h3-4,6-9H,5H2,1-2H3/t7-,8+,9+/m0/s1. The summed E-state index contributed by atoms with van der Waals surface area (Å²) < 4.78 is 0. The van der Waals surface area contributed by atoms with Crippen LogP contribution < -0.4 is 0 Å². The Balaban J connectivity index is 2.61. The van der Waals surface area contributed by atoms with Gasteiger partial charge in [0.05, 0.1) is 0 Å². The molecule has 3 atom stereocenters. The zero-order valence-corrected chi connectivity index (χ0v) is 6.58. The average Bonchev–Trinajstić information content (AvgIpc) is 1.94. The van der Waals surface area contributed by atoms with Crippen LogP contribution in [-0.4, -0.2) is 6.29 Å². The molecule has 10 heavy (non-hydrogen) atoms. The van der Waals surface area contributed by atoms with E-state index in [0.29, 0.717) is 11.8 Å². The van der Waals surface area contributed by atoms with Crippen molar-refractivity contribution in [2.45, 2.75) is 20.3 Å². The summed E-state index contributed by atoms with van der Waals surface area (Å²) in [6.07, 6.45) is 6.46. The third kappa shape index (κ3) is 1.47. The maximum Gasteiger partial charge on any atom is 0.123 e. The van der Waals surface area contributed by atoms with Gasteiger partial charge in [0, 0.05) is 5.92 Å². The predicted molar refractivity (Wildman–Crippen MR) is 41.6 cm³/mol. The molecule has 0 saturated carbocycles. The molecule has 0 bridgehead atoms. The number of aldehydes is 1. The quantitative estimate of drug-likeness (QED) is 0.400. The van der Waals surface area contributed by atoms with E-state index >= 15 is 0 Å². The van der Waals surface area contributed by atoms with Gasteiger partial charge in [0.2, 0.25) is 0 Å². The van der Waals surface area contributed by atoms with Gasteiger partial charge in [-0.25, -0.2) is 0 Å². The first kappa shape index (κ1) is 7.52. The first-order valence-electron chi connectivity index (χ1n) is 3.87. The van der Waals surface area contributed by atoms with E-state index < -0.39 is 0 Å². The highest BCUT2D eigenvalue weighted by Gasteiger charge is 2.19. The van der Waals surface area contributed by atoms with E-state index in [1.165, 1.54) is 0 Å². The fourth-order valence-corrected chi connectivity index (χ4v) is 1.41. The Morgan fingerprint density at radius 3 is 2.60 bits per heavy atom. The second kappa shape index (κ2) is 3.00. The highest BCUT2D eigenvalue weighted by Crippen LogP contribution is 2.25. The van der Waals surface area contributed by atoms with Gasteiger partial charge in [0.1, 0.15) is 6.29 Å². The molecule has 0 saturated heterocycles. The number of allylic oxidation sites excluding steroid dienone is 2. The molecule has 1 aliphatic rings. The van der Waals surface area contributed by atoms with Crippen LogP contribution in [0.1, 0.15) is 20.3 Å². The van der Waals surface area contributed by atoms with Crippen molar-refractivity contribution in [1.82, 2.24) is 0 Å². The van der Waals surface area contributed by atoms with Crippen LogP contribution in [0.2, 0.25) is 0 Å². The van der Waals surface area contributed by atoms with E-state index in [4.69, 9.17) is 0 Å². The summed E-state index contributed by atoms with van der Waals surface area (Å²) in [4.78, 5) is 10.5. The van der Waals surface area contributed by atoms with Crippen LogP contribution in [0.15, 0.2) is 12.2 Å². The fraction of sp³-hybridized carbons (Fsp3) is 0.667. The summed E-state index contributed by atoms with van der Waals surface area (Å²) in [5.74, 6) is 1.31. The highest BCUT2D eigenvalue weighted by molar-refractivity contribution is 5.55. The molecule has 1 rings (SSSR count). The zero-order chi connectivity index (χ0) is 7.56. The third-order valence-electron chi connectivity index (χ3n) is 2.24. The summed E-state index contributed by atoms with van der Waals surface area (Å²) in [6.45, 7) is 4.25. The normalized spacial score (nSPS) is 39.6. The van der Waals surface area contributed by atoms with Gasteiger partial charge in [-0.2, -0.15) is 0 Å². The summed E-state index contributed by atoms with van der Waals surface area (Å²) in [6, 6.07) is 0. The second-order valence-electron chi connectivity index (χ2n) is 3.26. The van der Waals surface area contributed by atoms with Gasteiger partial charge in [-0.15, -0.1) is 0 Å². The number of hydrogen-bond acceptors (Lipinski definition) is 1. The molecular weight excluding hydrogens is 124 g/mol. The lowest BCUT2D eigenvalue weighted by Crippen LogP contribution is -2.18. The SMILES string of the molecule is C[C@@H]1C=C[C@H](C)C[C@@H]1C=O. The van der Waals surface area contributed by atoms with Gasteiger partial charge in [0.25, 0.3) is 0 Å². The summed E-state index contributed by atoms with van der Waals surface area (Å²) in [5, 5.41) is 0. The Morgan fingerprint density at radius 2 is 2.10 bits per heavy atom. The molecule has 0 N–H and O–H groups in total. The van der Waals surface area contributed by atoms with Crippen LogP contribution >= 0.6 is 0 Å². The van der Waals surface area contributed by atoms with Crippen LogP contribution in [0.25, 0.3) is 0 Å². The zero-order valence-electron chi connectivity index (χ0n) is 6.58. The molecule has 0 heterocycles. The summed E-state index contributed by atoms with van der Waals surface area (Å²) >= 11 is 0. The van der Waals surface area contributed by atoms with Gasteiger partial charge in [-0.1, -0.05) is 26.0 Å². The predicted octanol–water partition coefficient (Wildman–Crippen LogP) is 2.03. The Kier molecular flexibility index (Phi) is 2.25. The molecule has 0 aromatic carbocycles. The molecule has 0 fully saturated rings. The Bertz CT molecular complexity index is 149. The Hall–Kier alpha value is -0.590. The molecule has 56 valence electrons. The summed E-state index contributed by atoms with van der Waals surface area (Å²) in [7, 11) is 0. The first-order valence-corrected chi connectivity index (χ1v) is 3.87. The van der Waals surface area contributed by atoms with Gasteiger partial charge in [-0.3, -0.25) is 0 Å². The van der Waals surface area contributed by atoms with E-state index in [0.717, 1.165) is 12.7 Å². The third-order valence-corrected chi connectivity index (χ3v) is 2.24. The molecule has 0 radical (unpaired) electrons. The van der Waals surface area contributed by atoms with Crippen molar-refractivity contribution in [2.24, 2.45) is 17.8 Å². The van der Waals surface area contributed by atoms with Gasteiger partial charge >= 0.3 is 0 Å². The van der Waals surface area contributed by atoms with E-state index in [9.17, 15) is 4.79 Å². The molecule has 0 aromatic heterocycles.